The van der Waals surface area contributed by atoms with Crippen LogP contribution in [0.1, 0.15) is 5.56 Å². The molecule has 3 rings (SSSR count). The summed E-state index contributed by atoms with van der Waals surface area (Å²) in [5.41, 5.74) is 2.37. The van der Waals surface area contributed by atoms with Crippen molar-refractivity contribution in [1.29, 1.82) is 0 Å². The van der Waals surface area contributed by atoms with E-state index in [1.54, 1.807) is 36.4 Å². The lowest BCUT2D eigenvalue weighted by atomic mass is 10.2. The van der Waals surface area contributed by atoms with Gasteiger partial charge in [0.2, 0.25) is 11.1 Å². The molecule has 0 unspecified atom stereocenters. The van der Waals surface area contributed by atoms with Crippen LogP contribution in [0.2, 0.25) is 10.0 Å². The van der Waals surface area contributed by atoms with Crippen LogP contribution >= 0.6 is 35.0 Å². The summed E-state index contributed by atoms with van der Waals surface area (Å²) in [6.07, 6.45) is 0. The number of nitrogens with zero attached hydrogens (tertiary/aromatic N) is 3. The first-order valence-electron chi connectivity index (χ1n) is 7.59. The Labute approximate surface area is 164 Å². The van der Waals surface area contributed by atoms with Gasteiger partial charge in [0.05, 0.1) is 16.5 Å². The van der Waals surface area contributed by atoms with Crippen molar-refractivity contribution in [3.05, 3.63) is 58.1 Å². The molecule has 0 bridgehead atoms. The number of rotatable bonds is 5. The number of nitrogens with two attached hydrogens (primary N) is 1. The molecule has 26 heavy (non-hydrogen) atoms. The van der Waals surface area contributed by atoms with Crippen LogP contribution in [0.5, 0.6) is 0 Å². The van der Waals surface area contributed by atoms with Gasteiger partial charge in [-0.15, -0.1) is 10.2 Å². The lowest BCUT2D eigenvalue weighted by Gasteiger charge is -2.08. The van der Waals surface area contributed by atoms with Gasteiger partial charge in [0.25, 0.3) is 0 Å². The molecule has 6 nitrogen and oxygen atoms in total. The smallest absolute Gasteiger partial charge is 0.234 e. The van der Waals surface area contributed by atoms with E-state index >= 15 is 0 Å². The number of thioether (sulfide) groups is 1. The van der Waals surface area contributed by atoms with E-state index in [2.05, 4.69) is 15.5 Å². The van der Waals surface area contributed by atoms with Crippen molar-refractivity contribution >= 4 is 46.6 Å². The number of hydrogen-bond donors (Lipinski definition) is 2. The van der Waals surface area contributed by atoms with Crippen molar-refractivity contribution in [1.82, 2.24) is 14.9 Å². The lowest BCUT2D eigenvalue weighted by Crippen LogP contribution is -2.16. The Bertz CT molecular complexity index is 943. The van der Waals surface area contributed by atoms with Crippen molar-refractivity contribution in [2.45, 2.75) is 12.1 Å². The molecule has 0 fully saturated rings. The lowest BCUT2D eigenvalue weighted by molar-refractivity contribution is -0.113. The number of carbonyl (C=O) groups is 1. The molecule has 0 aliphatic carbocycles. The Morgan fingerprint density at radius 3 is 2.62 bits per heavy atom. The number of carbonyl (C=O) groups excluding carboxylic acids is 1. The van der Waals surface area contributed by atoms with E-state index in [9.17, 15) is 4.79 Å². The van der Waals surface area contributed by atoms with Crippen molar-refractivity contribution < 1.29 is 4.79 Å². The van der Waals surface area contributed by atoms with Gasteiger partial charge in [0.15, 0.2) is 5.82 Å². The second kappa shape index (κ2) is 7.99. The number of hydrogen-bond acceptors (Lipinski definition) is 5. The third-order valence-corrected chi connectivity index (χ3v) is 5.01. The van der Waals surface area contributed by atoms with Crippen LogP contribution in [-0.2, 0) is 4.79 Å². The third kappa shape index (κ3) is 4.30. The zero-order valence-corrected chi connectivity index (χ0v) is 16.1. The van der Waals surface area contributed by atoms with Gasteiger partial charge in [-0.25, -0.2) is 4.68 Å². The highest BCUT2D eigenvalue weighted by atomic mass is 35.5. The number of halogens is 2. The number of nitrogen functional groups attached to an aromatic ring is 1. The van der Waals surface area contributed by atoms with E-state index in [1.165, 1.54) is 16.4 Å². The second-order valence-electron chi connectivity index (χ2n) is 5.50. The molecule has 1 amide bonds. The number of amides is 1. The molecule has 1 aromatic heterocycles. The maximum atomic E-state index is 12.1. The molecule has 9 heteroatoms. The van der Waals surface area contributed by atoms with E-state index in [1.807, 2.05) is 13.0 Å². The Morgan fingerprint density at radius 1 is 1.19 bits per heavy atom. The number of benzene rings is 2. The molecule has 0 aliphatic rings. The zero-order valence-electron chi connectivity index (χ0n) is 13.7. The van der Waals surface area contributed by atoms with Crippen LogP contribution < -0.4 is 11.2 Å². The van der Waals surface area contributed by atoms with Crippen molar-refractivity contribution in [3.8, 4) is 11.4 Å². The highest BCUT2D eigenvalue weighted by Crippen LogP contribution is 2.25. The quantitative estimate of drug-likeness (QED) is 0.492. The molecule has 0 saturated carbocycles. The molecular formula is C17H15Cl2N5OS. The molecule has 0 saturated heterocycles. The number of nitrogens with one attached hydrogen (secondary N) is 1. The van der Waals surface area contributed by atoms with Crippen LogP contribution in [0.15, 0.2) is 47.6 Å². The topological polar surface area (TPSA) is 85.8 Å². The Hall–Kier alpha value is -2.22. The molecule has 1 heterocycles. The molecule has 2 aromatic carbocycles. The summed E-state index contributed by atoms with van der Waals surface area (Å²) in [7, 11) is 0. The van der Waals surface area contributed by atoms with Crippen LogP contribution in [-0.4, -0.2) is 26.5 Å². The number of aryl methyl sites for hydroxylation is 1. The minimum absolute atomic E-state index is 0.125. The van der Waals surface area contributed by atoms with Gasteiger partial charge in [-0.1, -0.05) is 41.0 Å². The van der Waals surface area contributed by atoms with Crippen LogP contribution in [0.3, 0.4) is 0 Å². The summed E-state index contributed by atoms with van der Waals surface area (Å²) in [5.74, 6) is 6.44. The summed E-state index contributed by atoms with van der Waals surface area (Å²) >= 11 is 13.2. The fourth-order valence-corrected chi connectivity index (χ4v) is 3.27. The van der Waals surface area contributed by atoms with Crippen molar-refractivity contribution in [2.24, 2.45) is 0 Å². The summed E-state index contributed by atoms with van der Waals surface area (Å²) in [5, 5.41) is 12.4. The Kier molecular flexibility index (Phi) is 5.70. The second-order valence-corrected chi connectivity index (χ2v) is 7.29. The van der Waals surface area contributed by atoms with Crippen molar-refractivity contribution in [3.63, 3.8) is 0 Å². The summed E-state index contributed by atoms with van der Waals surface area (Å²) in [6.45, 7) is 1.93. The number of anilines is 1. The Morgan fingerprint density at radius 2 is 1.92 bits per heavy atom. The third-order valence-electron chi connectivity index (χ3n) is 3.50. The van der Waals surface area contributed by atoms with Gasteiger partial charge in [0, 0.05) is 10.6 Å². The van der Waals surface area contributed by atoms with E-state index in [-0.39, 0.29) is 11.7 Å². The molecular weight excluding hydrogens is 393 g/mol. The highest BCUT2D eigenvalue weighted by molar-refractivity contribution is 7.99. The molecule has 3 N–H and O–H groups in total. The maximum absolute atomic E-state index is 12.1. The molecule has 0 atom stereocenters. The fraction of sp³-hybridized carbons (Fsp3) is 0.118. The Balaban J connectivity index is 1.64. The van der Waals surface area contributed by atoms with Crippen LogP contribution in [0, 0.1) is 6.92 Å². The standard InChI is InChI=1S/C17H15Cl2N5OS/c1-10-2-7-14(13(19)8-10)21-15(25)9-26-17-23-22-16(24(17)20)11-3-5-12(18)6-4-11/h2-8H,9,20H2,1H3,(H,21,25). The summed E-state index contributed by atoms with van der Waals surface area (Å²) < 4.78 is 1.35. The minimum atomic E-state index is -0.211. The normalized spacial score (nSPS) is 10.7. The van der Waals surface area contributed by atoms with Gasteiger partial charge >= 0.3 is 0 Å². The van der Waals surface area contributed by atoms with Crippen LogP contribution in [0.4, 0.5) is 5.69 Å². The van der Waals surface area contributed by atoms with E-state index in [4.69, 9.17) is 29.0 Å². The van der Waals surface area contributed by atoms with Crippen molar-refractivity contribution in [2.75, 3.05) is 16.9 Å². The number of aromatic nitrogens is 3. The molecule has 0 aliphatic heterocycles. The monoisotopic (exact) mass is 407 g/mol. The van der Waals surface area contributed by atoms with Gasteiger partial charge in [-0.2, -0.15) is 0 Å². The van der Waals surface area contributed by atoms with Gasteiger partial charge in [0.1, 0.15) is 0 Å². The molecule has 134 valence electrons. The average Bonchev–Trinajstić information content (AvgIpc) is 2.97. The SMILES string of the molecule is Cc1ccc(NC(=O)CSc2nnc(-c3ccc(Cl)cc3)n2N)c(Cl)c1. The molecule has 0 spiro atoms. The largest absolute Gasteiger partial charge is 0.335 e. The predicted octanol–water partition coefficient (Wildman–Crippen LogP) is 4.00. The highest BCUT2D eigenvalue weighted by Gasteiger charge is 2.14. The fourth-order valence-electron chi connectivity index (χ4n) is 2.21. The van der Waals surface area contributed by atoms with E-state index in [0.717, 1.165) is 11.1 Å². The predicted molar refractivity (Wildman–Crippen MR) is 106 cm³/mol. The molecule has 0 radical (unpaired) electrons. The maximum Gasteiger partial charge on any atom is 0.234 e. The summed E-state index contributed by atoms with van der Waals surface area (Å²) in [4.78, 5) is 12.1. The first-order valence-corrected chi connectivity index (χ1v) is 9.33. The van der Waals surface area contributed by atoms with Gasteiger partial charge in [-0.3, -0.25) is 4.79 Å². The summed E-state index contributed by atoms with van der Waals surface area (Å²) in [6, 6.07) is 12.5. The first kappa shape index (κ1) is 18.6. The molecule has 3 aromatic rings. The van der Waals surface area contributed by atoms with E-state index < -0.39 is 0 Å². The first-order chi connectivity index (χ1) is 12.4. The van der Waals surface area contributed by atoms with Crippen LogP contribution in [0.25, 0.3) is 11.4 Å². The van der Waals surface area contributed by atoms with E-state index in [0.29, 0.717) is 26.7 Å². The zero-order chi connectivity index (χ0) is 18.7. The van der Waals surface area contributed by atoms with Gasteiger partial charge < -0.3 is 11.2 Å². The minimum Gasteiger partial charge on any atom is -0.335 e. The average molecular weight is 408 g/mol. The van der Waals surface area contributed by atoms with Gasteiger partial charge in [-0.05, 0) is 48.9 Å².